The molecule has 0 saturated carbocycles. The summed E-state index contributed by atoms with van der Waals surface area (Å²) in [5.74, 6) is -0.601. The van der Waals surface area contributed by atoms with Crippen molar-refractivity contribution in [2.45, 2.75) is 30.4 Å². The van der Waals surface area contributed by atoms with E-state index < -0.39 is 34.8 Å². The smallest absolute Gasteiger partial charge is 0.338 e. The molecule has 0 aliphatic rings. The Kier molecular flexibility index (Phi) is 8.17. The molecule has 0 fully saturated rings. The Hall–Kier alpha value is -2.91. The van der Waals surface area contributed by atoms with Gasteiger partial charge in [0.1, 0.15) is 6.61 Å². The summed E-state index contributed by atoms with van der Waals surface area (Å²) in [6.45, 7) is 1.03. The number of rotatable bonds is 10. The zero-order valence-corrected chi connectivity index (χ0v) is 16.5. The highest BCUT2D eigenvalue weighted by Gasteiger charge is 2.21. The van der Waals surface area contributed by atoms with Gasteiger partial charge in [-0.3, -0.25) is 4.18 Å². The van der Waals surface area contributed by atoms with Crippen molar-refractivity contribution in [2.24, 2.45) is 5.11 Å². The molecule has 0 aliphatic carbocycles. The third-order valence-corrected chi connectivity index (χ3v) is 5.20. The SMILES string of the molecule is Cc1ccc(S(=O)(=O)OC[C@@H](O)CC(COC(=O)c2ccccc2)N=[N+]=[N-])cc1. The highest BCUT2D eigenvalue weighted by Crippen LogP contribution is 2.15. The van der Waals surface area contributed by atoms with Gasteiger partial charge in [-0.1, -0.05) is 41.0 Å². The van der Waals surface area contributed by atoms with E-state index in [1.807, 2.05) is 6.92 Å². The molecular formula is C19H21N3O6S. The first-order valence-corrected chi connectivity index (χ1v) is 10.1. The fraction of sp³-hybridized carbons (Fsp3) is 0.316. The molecule has 0 aliphatic heterocycles. The van der Waals surface area contributed by atoms with E-state index in [1.165, 1.54) is 12.1 Å². The van der Waals surface area contributed by atoms with E-state index in [0.717, 1.165) is 5.56 Å². The number of esters is 1. The van der Waals surface area contributed by atoms with E-state index in [1.54, 1.807) is 42.5 Å². The van der Waals surface area contributed by atoms with Crippen LogP contribution in [0.2, 0.25) is 0 Å². The molecule has 1 N–H and O–H groups in total. The summed E-state index contributed by atoms with van der Waals surface area (Å²) in [6.07, 6.45) is -1.39. The van der Waals surface area contributed by atoms with Crippen molar-refractivity contribution in [1.82, 2.24) is 0 Å². The molecule has 0 bridgehead atoms. The van der Waals surface area contributed by atoms with Gasteiger partial charge in [-0.15, -0.1) is 0 Å². The van der Waals surface area contributed by atoms with E-state index in [-0.39, 0.29) is 17.9 Å². The molecule has 10 heteroatoms. The fourth-order valence-electron chi connectivity index (χ4n) is 2.37. The molecule has 9 nitrogen and oxygen atoms in total. The zero-order valence-electron chi connectivity index (χ0n) is 15.7. The third kappa shape index (κ3) is 7.20. The van der Waals surface area contributed by atoms with Crippen LogP contribution in [-0.4, -0.2) is 44.9 Å². The van der Waals surface area contributed by atoms with Gasteiger partial charge >= 0.3 is 5.97 Å². The number of hydrogen-bond acceptors (Lipinski definition) is 7. The average molecular weight is 419 g/mol. The van der Waals surface area contributed by atoms with Crippen LogP contribution in [0, 0.1) is 6.92 Å². The van der Waals surface area contributed by atoms with Crippen LogP contribution < -0.4 is 0 Å². The highest BCUT2D eigenvalue weighted by atomic mass is 32.2. The van der Waals surface area contributed by atoms with Crippen LogP contribution >= 0.6 is 0 Å². The van der Waals surface area contributed by atoms with E-state index >= 15 is 0 Å². The molecule has 0 spiro atoms. The monoisotopic (exact) mass is 419 g/mol. The lowest BCUT2D eigenvalue weighted by Crippen LogP contribution is -2.26. The molecule has 2 rings (SSSR count). The van der Waals surface area contributed by atoms with Crippen molar-refractivity contribution in [3.8, 4) is 0 Å². The number of carbonyl (C=O) groups excluding carboxylic acids is 1. The standard InChI is InChI=1S/C19H21N3O6S/c1-14-7-9-18(10-8-14)29(25,26)28-13-17(23)11-16(21-22-20)12-27-19(24)15-5-3-2-4-6-15/h2-10,16-17,23H,11-13H2,1H3/t16?,17-/m0/s1. The van der Waals surface area contributed by atoms with Crippen LogP contribution in [0.25, 0.3) is 10.4 Å². The van der Waals surface area contributed by atoms with Crippen molar-refractivity contribution in [3.63, 3.8) is 0 Å². The van der Waals surface area contributed by atoms with Gasteiger partial charge < -0.3 is 9.84 Å². The summed E-state index contributed by atoms with van der Waals surface area (Å²) >= 11 is 0. The lowest BCUT2D eigenvalue weighted by Gasteiger charge is -2.16. The topological polar surface area (TPSA) is 139 Å². The van der Waals surface area contributed by atoms with Gasteiger partial charge in [-0.25, -0.2) is 4.79 Å². The Balaban J connectivity index is 1.88. The minimum atomic E-state index is -4.03. The van der Waals surface area contributed by atoms with Crippen LogP contribution in [0.4, 0.5) is 0 Å². The van der Waals surface area contributed by atoms with Gasteiger partial charge in [0, 0.05) is 4.91 Å². The van der Waals surface area contributed by atoms with E-state index in [0.29, 0.717) is 5.56 Å². The number of ether oxygens (including phenoxy) is 1. The molecule has 0 radical (unpaired) electrons. The van der Waals surface area contributed by atoms with Gasteiger partial charge in [-0.2, -0.15) is 8.42 Å². The van der Waals surface area contributed by atoms with Gasteiger partial charge in [-0.05, 0) is 43.1 Å². The number of azide groups is 1. The molecular weight excluding hydrogens is 398 g/mol. The minimum Gasteiger partial charge on any atom is -0.462 e. The number of aliphatic hydroxyl groups excluding tert-OH is 1. The van der Waals surface area contributed by atoms with Crippen molar-refractivity contribution in [2.75, 3.05) is 13.2 Å². The number of carbonyl (C=O) groups is 1. The number of aliphatic hydroxyl groups is 1. The van der Waals surface area contributed by atoms with Gasteiger partial charge in [0.25, 0.3) is 10.1 Å². The molecule has 1 unspecified atom stereocenters. The Labute approximate surface area is 168 Å². The molecule has 2 atom stereocenters. The van der Waals surface area contributed by atoms with Crippen LogP contribution in [0.5, 0.6) is 0 Å². The molecule has 154 valence electrons. The summed E-state index contributed by atoms with van der Waals surface area (Å²) in [6, 6.07) is 13.4. The first-order valence-electron chi connectivity index (χ1n) is 8.72. The number of hydrogen-bond donors (Lipinski definition) is 1. The maximum Gasteiger partial charge on any atom is 0.338 e. The summed E-state index contributed by atoms with van der Waals surface area (Å²) in [7, 11) is -4.03. The zero-order chi connectivity index (χ0) is 21.3. The number of benzene rings is 2. The van der Waals surface area contributed by atoms with E-state index in [9.17, 15) is 18.3 Å². The summed E-state index contributed by atoms with van der Waals surface area (Å²) < 4.78 is 34.3. The van der Waals surface area contributed by atoms with Crippen molar-refractivity contribution >= 4 is 16.1 Å². The predicted molar refractivity (Wildman–Crippen MR) is 105 cm³/mol. The van der Waals surface area contributed by atoms with Crippen molar-refractivity contribution in [1.29, 1.82) is 0 Å². The molecule has 0 amide bonds. The Morgan fingerprint density at radius 2 is 1.79 bits per heavy atom. The molecule has 0 saturated heterocycles. The lowest BCUT2D eigenvalue weighted by molar-refractivity contribution is 0.0423. The predicted octanol–water partition coefficient (Wildman–Crippen LogP) is 2.99. The van der Waals surface area contributed by atoms with E-state index in [2.05, 4.69) is 10.0 Å². The van der Waals surface area contributed by atoms with Crippen molar-refractivity contribution in [3.05, 3.63) is 76.2 Å². The maximum absolute atomic E-state index is 12.1. The van der Waals surface area contributed by atoms with Gasteiger partial charge in [0.15, 0.2) is 0 Å². The first kappa shape index (κ1) is 22.4. The van der Waals surface area contributed by atoms with Crippen LogP contribution in [0.1, 0.15) is 22.3 Å². The quantitative estimate of drug-likeness (QED) is 0.206. The van der Waals surface area contributed by atoms with Crippen LogP contribution in [-0.2, 0) is 19.0 Å². The normalized spacial score (nSPS) is 13.2. The molecule has 2 aromatic carbocycles. The fourth-order valence-corrected chi connectivity index (χ4v) is 3.32. The second-order valence-corrected chi connectivity index (χ2v) is 7.88. The maximum atomic E-state index is 12.1. The largest absolute Gasteiger partial charge is 0.462 e. The summed E-state index contributed by atoms with van der Waals surface area (Å²) in [5.41, 5.74) is 9.90. The second-order valence-electron chi connectivity index (χ2n) is 6.26. The van der Waals surface area contributed by atoms with Crippen LogP contribution in [0.15, 0.2) is 64.6 Å². The molecule has 2 aromatic rings. The van der Waals surface area contributed by atoms with Gasteiger partial charge in [0.05, 0.1) is 29.2 Å². The van der Waals surface area contributed by atoms with Crippen LogP contribution in [0.3, 0.4) is 0 Å². The lowest BCUT2D eigenvalue weighted by atomic mass is 10.1. The Bertz CT molecular complexity index is 957. The molecule has 0 heterocycles. The molecule has 29 heavy (non-hydrogen) atoms. The highest BCUT2D eigenvalue weighted by molar-refractivity contribution is 7.86. The third-order valence-electron chi connectivity index (χ3n) is 3.90. The first-order chi connectivity index (χ1) is 13.8. The van der Waals surface area contributed by atoms with Crippen molar-refractivity contribution < 1.29 is 27.2 Å². The summed E-state index contributed by atoms with van der Waals surface area (Å²) in [5, 5.41) is 13.5. The Morgan fingerprint density at radius 1 is 1.14 bits per heavy atom. The van der Waals surface area contributed by atoms with Gasteiger partial charge in [0.2, 0.25) is 0 Å². The average Bonchev–Trinajstić information content (AvgIpc) is 2.71. The number of nitrogens with zero attached hydrogens (tertiary/aromatic N) is 3. The van der Waals surface area contributed by atoms with E-state index in [4.69, 9.17) is 14.5 Å². The number of aryl methyl sites for hydroxylation is 1. The molecule has 0 aromatic heterocycles. The minimum absolute atomic E-state index is 0.0290. The second kappa shape index (κ2) is 10.6. The Morgan fingerprint density at radius 3 is 2.41 bits per heavy atom. The summed E-state index contributed by atoms with van der Waals surface area (Å²) in [4.78, 5) is 14.6.